The number of nitrogens with one attached hydrogen (secondary N) is 2. The molecule has 0 aliphatic heterocycles. The number of pyridine rings is 1. The van der Waals surface area contributed by atoms with Crippen LogP contribution in [0.15, 0.2) is 24.5 Å². The van der Waals surface area contributed by atoms with Crippen LogP contribution in [0, 0.1) is 0 Å². The van der Waals surface area contributed by atoms with Gasteiger partial charge in [0.25, 0.3) is 0 Å². The number of rotatable bonds is 6. The van der Waals surface area contributed by atoms with Gasteiger partial charge in [-0.3, -0.25) is 15.1 Å². The minimum absolute atomic E-state index is 0.178. The van der Waals surface area contributed by atoms with Gasteiger partial charge in [-0.15, -0.1) is 0 Å². The molecule has 0 aliphatic rings. The fourth-order valence-corrected chi connectivity index (χ4v) is 2.93. The zero-order valence-electron chi connectivity index (χ0n) is 13.0. The average molecular weight is 334 g/mol. The van der Waals surface area contributed by atoms with Gasteiger partial charge in [-0.1, -0.05) is 18.3 Å². The number of carbonyl (C=O) groups is 2. The molecular weight excluding hydrogens is 316 g/mol. The zero-order valence-corrected chi connectivity index (χ0v) is 13.8. The van der Waals surface area contributed by atoms with Crippen LogP contribution in [0.1, 0.15) is 19.5 Å². The molecule has 0 spiro atoms. The summed E-state index contributed by atoms with van der Waals surface area (Å²) >= 11 is 1.38. The number of ether oxygens (including phenoxy) is 1. The molecule has 2 aromatic heterocycles. The number of thiazole rings is 1. The van der Waals surface area contributed by atoms with Crippen LogP contribution in [0.4, 0.5) is 9.93 Å². The molecule has 8 heteroatoms. The van der Waals surface area contributed by atoms with Crippen molar-refractivity contribution < 1.29 is 14.3 Å². The molecule has 2 heterocycles. The number of urea groups is 1. The number of nitrogens with zero attached hydrogens (tertiary/aromatic N) is 2. The van der Waals surface area contributed by atoms with E-state index in [-0.39, 0.29) is 13.2 Å². The van der Waals surface area contributed by atoms with E-state index in [1.807, 2.05) is 19.1 Å². The first kappa shape index (κ1) is 16.9. The van der Waals surface area contributed by atoms with Gasteiger partial charge < -0.3 is 10.1 Å². The predicted molar refractivity (Wildman–Crippen MR) is 88.4 cm³/mol. The Morgan fingerprint density at radius 3 is 2.65 bits per heavy atom. The van der Waals surface area contributed by atoms with Crippen LogP contribution in [0.3, 0.4) is 0 Å². The Kier molecular flexibility index (Phi) is 6.04. The van der Waals surface area contributed by atoms with E-state index in [1.54, 1.807) is 19.3 Å². The minimum atomic E-state index is -0.490. The number of hydrogen-bond donors (Lipinski definition) is 2. The van der Waals surface area contributed by atoms with Crippen molar-refractivity contribution in [3.05, 3.63) is 30.2 Å². The molecule has 0 saturated carbocycles. The van der Waals surface area contributed by atoms with Gasteiger partial charge in [0.15, 0.2) is 5.13 Å². The average Bonchev–Trinajstić information content (AvgIpc) is 2.97. The van der Waals surface area contributed by atoms with Gasteiger partial charge in [0.1, 0.15) is 6.54 Å². The van der Waals surface area contributed by atoms with Crippen molar-refractivity contribution in [1.82, 2.24) is 15.3 Å². The van der Waals surface area contributed by atoms with Crippen molar-refractivity contribution in [2.24, 2.45) is 0 Å². The lowest BCUT2D eigenvalue weighted by molar-refractivity contribution is -0.141. The first-order valence-electron chi connectivity index (χ1n) is 7.24. The molecule has 7 nitrogen and oxygen atoms in total. The fourth-order valence-electron chi connectivity index (χ4n) is 1.88. The number of amides is 2. The van der Waals surface area contributed by atoms with Gasteiger partial charge in [0.05, 0.1) is 17.2 Å². The molecule has 0 unspecified atom stereocenters. The number of aromatic nitrogens is 2. The Hall–Kier alpha value is -2.48. The SMILES string of the molecule is CCOC(=O)CNC(=O)Nc1nc(CC)c(-c2ccncc2)s1. The summed E-state index contributed by atoms with van der Waals surface area (Å²) in [6.07, 6.45) is 4.18. The van der Waals surface area contributed by atoms with E-state index in [2.05, 4.69) is 20.6 Å². The van der Waals surface area contributed by atoms with E-state index < -0.39 is 12.0 Å². The summed E-state index contributed by atoms with van der Waals surface area (Å²) < 4.78 is 4.74. The smallest absolute Gasteiger partial charge is 0.325 e. The molecule has 2 aromatic rings. The van der Waals surface area contributed by atoms with Crippen molar-refractivity contribution in [2.75, 3.05) is 18.5 Å². The molecule has 0 bridgehead atoms. The van der Waals surface area contributed by atoms with Crippen molar-refractivity contribution in [2.45, 2.75) is 20.3 Å². The second kappa shape index (κ2) is 8.23. The van der Waals surface area contributed by atoms with Gasteiger partial charge in [0.2, 0.25) is 0 Å². The molecule has 0 aliphatic carbocycles. The summed E-state index contributed by atoms with van der Waals surface area (Å²) in [6.45, 7) is 3.82. The van der Waals surface area contributed by atoms with Crippen molar-refractivity contribution in [3.63, 3.8) is 0 Å². The van der Waals surface area contributed by atoms with E-state index >= 15 is 0 Å². The topological polar surface area (TPSA) is 93.2 Å². The maximum Gasteiger partial charge on any atom is 0.325 e. The lowest BCUT2D eigenvalue weighted by Gasteiger charge is -2.04. The zero-order chi connectivity index (χ0) is 16.7. The Balaban J connectivity index is 2.02. The second-order valence-electron chi connectivity index (χ2n) is 4.50. The van der Waals surface area contributed by atoms with E-state index in [9.17, 15) is 9.59 Å². The van der Waals surface area contributed by atoms with Crippen LogP contribution < -0.4 is 10.6 Å². The number of hydrogen-bond acceptors (Lipinski definition) is 6. The highest BCUT2D eigenvalue weighted by Crippen LogP contribution is 2.33. The van der Waals surface area contributed by atoms with Gasteiger partial charge in [0, 0.05) is 12.4 Å². The summed E-state index contributed by atoms with van der Waals surface area (Å²) in [5.74, 6) is -0.478. The molecular formula is C15H18N4O3S. The monoisotopic (exact) mass is 334 g/mol. The number of anilines is 1. The van der Waals surface area contributed by atoms with Crippen molar-refractivity contribution in [3.8, 4) is 10.4 Å². The van der Waals surface area contributed by atoms with E-state index in [0.29, 0.717) is 5.13 Å². The molecule has 122 valence electrons. The summed E-state index contributed by atoms with van der Waals surface area (Å²) in [7, 11) is 0. The lowest BCUT2D eigenvalue weighted by Crippen LogP contribution is -2.34. The largest absolute Gasteiger partial charge is 0.465 e. The van der Waals surface area contributed by atoms with E-state index in [0.717, 1.165) is 22.6 Å². The molecule has 0 radical (unpaired) electrons. The summed E-state index contributed by atoms with van der Waals surface area (Å²) in [5.41, 5.74) is 1.91. The van der Waals surface area contributed by atoms with Gasteiger partial charge in [-0.05, 0) is 31.0 Å². The van der Waals surface area contributed by atoms with E-state index in [4.69, 9.17) is 4.74 Å². The minimum Gasteiger partial charge on any atom is -0.465 e. The predicted octanol–water partition coefficient (Wildman–Crippen LogP) is 2.45. The van der Waals surface area contributed by atoms with Crippen LogP contribution in [0.2, 0.25) is 0 Å². The number of carbonyl (C=O) groups excluding carboxylic acids is 2. The highest BCUT2D eigenvalue weighted by Gasteiger charge is 2.14. The van der Waals surface area contributed by atoms with Crippen LogP contribution in [-0.2, 0) is 16.0 Å². The lowest BCUT2D eigenvalue weighted by atomic mass is 10.2. The molecule has 0 atom stereocenters. The normalized spacial score (nSPS) is 10.2. The maximum absolute atomic E-state index is 11.8. The molecule has 2 rings (SSSR count). The summed E-state index contributed by atoms with van der Waals surface area (Å²) in [6, 6.07) is 3.31. The highest BCUT2D eigenvalue weighted by atomic mass is 32.1. The third kappa shape index (κ3) is 4.75. The Bertz CT molecular complexity index is 673. The first-order chi connectivity index (χ1) is 11.1. The van der Waals surface area contributed by atoms with Crippen molar-refractivity contribution in [1.29, 1.82) is 0 Å². The third-order valence-corrected chi connectivity index (χ3v) is 3.96. The maximum atomic E-state index is 11.8. The Labute approximate surface area is 138 Å². The molecule has 0 aromatic carbocycles. The van der Waals surface area contributed by atoms with E-state index in [1.165, 1.54) is 11.3 Å². The standard InChI is InChI=1S/C15H18N4O3S/c1-3-11-13(10-5-7-16-8-6-10)23-15(18-11)19-14(21)17-9-12(20)22-4-2/h5-8H,3-4,9H2,1-2H3,(H2,17,18,19,21). The van der Waals surface area contributed by atoms with Crippen LogP contribution in [-0.4, -0.2) is 35.1 Å². The molecule has 2 amide bonds. The third-order valence-electron chi connectivity index (χ3n) is 2.89. The fraction of sp³-hybridized carbons (Fsp3) is 0.333. The highest BCUT2D eigenvalue weighted by molar-refractivity contribution is 7.19. The van der Waals surface area contributed by atoms with Crippen molar-refractivity contribution >= 4 is 28.5 Å². The second-order valence-corrected chi connectivity index (χ2v) is 5.50. The van der Waals surface area contributed by atoms with Gasteiger partial charge >= 0.3 is 12.0 Å². The van der Waals surface area contributed by atoms with Crippen LogP contribution in [0.25, 0.3) is 10.4 Å². The molecule has 2 N–H and O–H groups in total. The molecule has 0 fully saturated rings. The summed E-state index contributed by atoms with van der Waals surface area (Å²) in [5, 5.41) is 5.55. The van der Waals surface area contributed by atoms with Crippen LogP contribution in [0.5, 0.6) is 0 Å². The molecule has 0 saturated heterocycles. The number of aryl methyl sites for hydroxylation is 1. The Morgan fingerprint density at radius 2 is 2.00 bits per heavy atom. The van der Waals surface area contributed by atoms with Gasteiger partial charge in [-0.25, -0.2) is 9.78 Å². The quantitative estimate of drug-likeness (QED) is 0.792. The number of esters is 1. The first-order valence-corrected chi connectivity index (χ1v) is 8.06. The molecule has 23 heavy (non-hydrogen) atoms. The summed E-state index contributed by atoms with van der Waals surface area (Å²) in [4.78, 5) is 32.4. The Morgan fingerprint density at radius 1 is 1.26 bits per heavy atom. The van der Waals surface area contributed by atoms with Crippen LogP contribution >= 0.6 is 11.3 Å². The van der Waals surface area contributed by atoms with Gasteiger partial charge in [-0.2, -0.15) is 0 Å².